The molecular formula is C20H23N3O5S. The Balaban J connectivity index is 1.79. The maximum absolute atomic E-state index is 12.9. The summed E-state index contributed by atoms with van der Waals surface area (Å²) in [6.07, 6.45) is 0.658. The summed E-state index contributed by atoms with van der Waals surface area (Å²) >= 11 is 0. The number of sulfonamides is 1. The summed E-state index contributed by atoms with van der Waals surface area (Å²) < 4.78 is 42.7. The van der Waals surface area contributed by atoms with Crippen LogP contribution in [0.5, 0.6) is 11.5 Å². The molecule has 154 valence electrons. The number of hydrogen-bond donors (Lipinski definition) is 0. The summed E-state index contributed by atoms with van der Waals surface area (Å²) in [6, 6.07) is 12.0. The number of rotatable bonds is 8. The second-order valence-corrected chi connectivity index (χ2v) is 8.37. The second kappa shape index (κ2) is 8.62. The van der Waals surface area contributed by atoms with Crippen molar-refractivity contribution in [2.45, 2.75) is 24.8 Å². The van der Waals surface area contributed by atoms with Crippen LogP contribution in [0.1, 0.15) is 18.4 Å². The minimum Gasteiger partial charge on any atom is -0.497 e. The van der Waals surface area contributed by atoms with Crippen LogP contribution in [0, 0.1) is 0 Å². The molecule has 0 amide bonds. The molecule has 1 heterocycles. The summed E-state index contributed by atoms with van der Waals surface area (Å²) in [7, 11) is 0.897. The van der Waals surface area contributed by atoms with Gasteiger partial charge in [-0.3, -0.25) is 0 Å². The zero-order valence-corrected chi connectivity index (χ0v) is 17.6. The summed E-state index contributed by atoms with van der Waals surface area (Å²) in [4.78, 5) is 4.49. The Kier molecular flexibility index (Phi) is 6.19. The summed E-state index contributed by atoms with van der Waals surface area (Å²) in [6.45, 7) is 1.90. The van der Waals surface area contributed by atoms with Crippen LogP contribution in [0.3, 0.4) is 0 Å². The highest BCUT2D eigenvalue weighted by molar-refractivity contribution is 7.89. The van der Waals surface area contributed by atoms with E-state index in [0.717, 1.165) is 11.1 Å². The normalized spacial score (nSPS) is 11.6. The van der Waals surface area contributed by atoms with Crippen molar-refractivity contribution in [3.8, 4) is 22.9 Å². The molecule has 0 unspecified atom stereocenters. The molecule has 0 bridgehead atoms. The van der Waals surface area contributed by atoms with E-state index in [1.54, 1.807) is 50.6 Å². The standard InChI is InChI=1S/C20H23N3O5S/c1-5-14-12-17(10-11-18(14)27-4)29(24,25)23(2)13-19-21-20(22-28-19)15-6-8-16(26-3)9-7-15/h6-12H,5,13H2,1-4H3. The van der Waals surface area contributed by atoms with Gasteiger partial charge in [-0.15, -0.1) is 0 Å². The maximum atomic E-state index is 12.9. The molecule has 0 spiro atoms. The molecule has 0 aliphatic carbocycles. The molecular weight excluding hydrogens is 394 g/mol. The van der Waals surface area contributed by atoms with Gasteiger partial charge in [-0.25, -0.2) is 8.42 Å². The lowest BCUT2D eigenvalue weighted by Gasteiger charge is -2.16. The number of methoxy groups -OCH3 is 2. The van der Waals surface area contributed by atoms with E-state index in [2.05, 4.69) is 10.1 Å². The van der Waals surface area contributed by atoms with Crippen LogP contribution in [0.4, 0.5) is 0 Å². The Morgan fingerprint density at radius 1 is 1.07 bits per heavy atom. The van der Waals surface area contributed by atoms with Crippen molar-refractivity contribution < 1.29 is 22.4 Å². The quantitative estimate of drug-likeness (QED) is 0.556. The fourth-order valence-electron chi connectivity index (χ4n) is 2.82. The van der Waals surface area contributed by atoms with Gasteiger partial charge < -0.3 is 14.0 Å². The lowest BCUT2D eigenvalue weighted by atomic mass is 10.1. The first-order chi connectivity index (χ1) is 13.9. The minimum absolute atomic E-state index is 0.0427. The number of aryl methyl sites for hydroxylation is 1. The van der Waals surface area contributed by atoms with E-state index in [1.807, 2.05) is 6.92 Å². The Bertz CT molecular complexity index is 1080. The second-order valence-electron chi connectivity index (χ2n) is 6.33. The molecule has 29 heavy (non-hydrogen) atoms. The predicted molar refractivity (Wildman–Crippen MR) is 107 cm³/mol. The van der Waals surface area contributed by atoms with Gasteiger partial charge in [-0.05, 0) is 54.4 Å². The first-order valence-electron chi connectivity index (χ1n) is 8.99. The molecule has 0 aliphatic rings. The molecule has 8 nitrogen and oxygen atoms in total. The average Bonchev–Trinajstić information content (AvgIpc) is 3.21. The topological polar surface area (TPSA) is 94.8 Å². The Labute approximate surface area is 170 Å². The van der Waals surface area contributed by atoms with Gasteiger partial charge in [-0.1, -0.05) is 12.1 Å². The highest BCUT2D eigenvalue weighted by Crippen LogP contribution is 2.25. The molecule has 3 rings (SSSR count). The molecule has 2 aromatic carbocycles. The van der Waals surface area contributed by atoms with Gasteiger partial charge in [0.15, 0.2) is 0 Å². The van der Waals surface area contributed by atoms with E-state index in [0.29, 0.717) is 23.7 Å². The molecule has 3 aromatic rings. The van der Waals surface area contributed by atoms with Crippen molar-refractivity contribution in [2.24, 2.45) is 0 Å². The van der Waals surface area contributed by atoms with Crippen LogP contribution in [0.2, 0.25) is 0 Å². The lowest BCUT2D eigenvalue weighted by Crippen LogP contribution is -2.26. The van der Waals surface area contributed by atoms with E-state index >= 15 is 0 Å². The fraction of sp³-hybridized carbons (Fsp3) is 0.300. The van der Waals surface area contributed by atoms with E-state index < -0.39 is 10.0 Å². The number of nitrogens with zero attached hydrogens (tertiary/aromatic N) is 3. The Hall–Kier alpha value is -2.91. The van der Waals surface area contributed by atoms with Crippen molar-refractivity contribution >= 4 is 10.0 Å². The predicted octanol–water partition coefficient (Wildman–Crippen LogP) is 3.14. The van der Waals surface area contributed by atoms with Crippen LogP contribution in [0.25, 0.3) is 11.4 Å². The molecule has 0 N–H and O–H groups in total. The molecule has 0 atom stereocenters. The van der Waals surface area contributed by atoms with E-state index in [-0.39, 0.29) is 17.3 Å². The zero-order chi connectivity index (χ0) is 21.0. The average molecular weight is 417 g/mol. The monoisotopic (exact) mass is 417 g/mol. The van der Waals surface area contributed by atoms with Gasteiger partial charge in [0.05, 0.1) is 25.7 Å². The lowest BCUT2D eigenvalue weighted by molar-refractivity contribution is 0.336. The van der Waals surface area contributed by atoms with E-state index in [1.165, 1.54) is 17.4 Å². The minimum atomic E-state index is -3.73. The highest BCUT2D eigenvalue weighted by atomic mass is 32.2. The van der Waals surface area contributed by atoms with Crippen LogP contribution in [0.15, 0.2) is 51.9 Å². The third kappa shape index (κ3) is 4.41. The Morgan fingerprint density at radius 2 is 1.79 bits per heavy atom. The third-order valence-electron chi connectivity index (χ3n) is 4.52. The molecule has 0 saturated carbocycles. The van der Waals surface area contributed by atoms with Gasteiger partial charge >= 0.3 is 0 Å². The van der Waals surface area contributed by atoms with Crippen LogP contribution < -0.4 is 9.47 Å². The van der Waals surface area contributed by atoms with Crippen LogP contribution in [-0.4, -0.2) is 44.1 Å². The third-order valence-corrected chi connectivity index (χ3v) is 6.31. The number of hydrogen-bond acceptors (Lipinski definition) is 7. The van der Waals surface area contributed by atoms with Crippen molar-refractivity contribution in [3.05, 3.63) is 53.9 Å². The SMILES string of the molecule is CCc1cc(S(=O)(=O)N(C)Cc2nc(-c3ccc(OC)cc3)no2)ccc1OC. The first kappa shape index (κ1) is 20.8. The largest absolute Gasteiger partial charge is 0.497 e. The highest BCUT2D eigenvalue weighted by Gasteiger charge is 2.24. The molecule has 0 radical (unpaired) electrons. The zero-order valence-electron chi connectivity index (χ0n) is 16.7. The first-order valence-corrected chi connectivity index (χ1v) is 10.4. The van der Waals surface area contributed by atoms with E-state index in [4.69, 9.17) is 14.0 Å². The summed E-state index contributed by atoms with van der Waals surface area (Å²) in [5, 5.41) is 3.93. The van der Waals surface area contributed by atoms with Gasteiger partial charge in [0.1, 0.15) is 11.5 Å². The fourth-order valence-corrected chi connectivity index (χ4v) is 4.00. The number of benzene rings is 2. The van der Waals surface area contributed by atoms with Crippen LogP contribution in [-0.2, 0) is 23.0 Å². The molecule has 9 heteroatoms. The van der Waals surface area contributed by atoms with Crippen molar-refractivity contribution in [3.63, 3.8) is 0 Å². The van der Waals surface area contributed by atoms with E-state index in [9.17, 15) is 8.42 Å². The molecule has 1 aromatic heterocycles. The van der Waals surface area contributed by atoms with Crippen molar-refractivity contribution in [2.75, 3.05) is 21.3 Å². The van der Waals surface area contributed by atoms with Gasteiger partial charge in [0.25, 0.3) is 0 Å². The molecule has 0 fully saturated rings. The molecule has 0 aliphatic heterocycles. The Morgan fingerprint density at radius 3 is 2.41 bits per heavy atom. The summed E-state index contributed by atoms with van der Waals surface area (Å²) in [5.74, 6) is 1.96. The van der Waals surface area contributed by atoms with Crippen molar-refractivity contribution in [1.29, 1.82) is 0 Å². The smallest absolute Gasteiger partial charge is 0.243 e. The van der Waals surface area contributed by atoms with Gasteiger partial charge in [-0.2, -0.15) is 9.29 Å². The van der Waals surface area contributed by atoms with Gasteiger partial charge in [0, 0.05) is 12.6 Å². The van der Waals surface area contributed by atoms with Gasteiger partial charge in [0.2, 0.25) is 21.7 Å². The van der Waals surface area contributed by atoms with Crippen LogP contribution >= 0.6 is 0 Å². The van der Waals surface area contributed by atoms with Crippen molar-refractivity contribution in [1.82, 2.24) is 14.4 Å². The molecule has 0 saturated heterocycles. The number of ether oxygens (including phenoxy) is 2. The summed E-state index contributed by atoms with van der Waals surface area (Å²) in [5.41, 5.74) is 1.57. The number of aromatic nitrogens is 2. The maximum Gasteiger partial charge on any atom is 0.243 e.